The molecule has 0 aliphatic rings. The highest BCUT2D eigenvalue weighted by atomic mass is 16.2. The summed E-state index contributed by atoms with van der Waals surface area (Å²) >= 11 is 0. The lowest BCUT2D eigenvalue weighted by Crippen LogP contribution is -2.36. The Morgan fingerprint density at radius 1 is 1.00 bits per heavy atom. The highest BCUT2D eigenvalue weighted by molar-refractivity contribution is 6.07. The van der Waals surface area contributed by atoms with E-state index in [1.54, 1.807) is 19.1 Å². The maximum atomic E-state index is 12.5. The number of hydrogen-bond donors (Lipinski definition) is 1. The lowest BCUT2D eigenvalue weighted by Gasteiger charge is -2.14. The minimum atomic E-state index is -0.138. The van der Waals surface area contributed by atoms with Gasteiger partial charge >= 0.3 is 0 Å². The Hall–Kier alpha value is -2.72. The molecule has 0 aliphatic carbocycles. The summed E-state index contributed by atoms with van der Waals surface area (Å²) in [5.41, 5.74) is 6.02. The van der Waals surface area contributed by atoms with Crippen LogP contribution < -0.4 is 5.43 Å². The summed E-state index contributed by atoms with van der Waals surface area (Å²) in [6, 6.07) is 19.4. The molecule has 0 bridgehead atoms. The number of nitrogens with one attached hydrogen (secondary N) is 1. The summed E-state index contributed by atoms with van der Waals surface area (Å²) in [4.78, 5) is 17.1. The molecule has 3 aromatic rings. The zero-order valence-electron chi connectivity index (χ0n) is 12.6. The Morgan fingerprint density at radius 3 is 2.41 bits per heavy atom. The van der Waals surface area contributed by atoms with Crippen LogP contribution in [-0.2, 0) is 0 Å². The number of pyridine rings is 1. The van der Waals surface area contributed by atoms with Crippen LogP contribution in [0.15, 0.2) is 60.7 Å². The van der Waals surface area contributed by atoms with Crippen LogP contribution >= 0.6 is 0 Å². The minimum absolute atomic E-state index is 0.138. The van der Waals surface area contributed by atoms with E-state index in [9.17, 15) is 4.79 Å². The molecule has 1 aromatic heterocycles. The number of aromatic nitrogens is 1. The van der Waals surface area contributed by atoms with Crippen LogP contribution in [0.4, 0.5) is 0 Å². The molecule has 0 saturated carbocycles. The highest BCUT2D eigenvalue weighted by Gasteiger charge is 2.14. The molecule has 3 rings (SSSR count). The second kappa shape index (κ2) is 5.95. The first-order valence-electron chi connectivity index (χ1n) is 7.08. The SMILES string of the molecule is CN(C)NC(=O)c1cc(-c2ccccc2)nc2ccccc12. The van der Waals surface area contributed by atoms with Gasteiger partial charge in [-0.2, -0.15) is 0 Å². The third-order valence-electron chi connectivity index (χ3n) is 3.36. The van der Waals surface area contributed by atoms with E-state index in [1.807, 2.05) is 60.7 Å². The quantitative estimate of drug-likeness (QED) is 0.754. The summed E-state index contributed by atoms with van der Waals surface area (Å²) in [6.45, 7) is 0. The van der Waals surface area contributed by atoms with Crippen LogP contribution in [0.1, 0.15) is 10.4 Å². The fraction of sp³-hybridized carbons (Fsp3) is 0.111. The summed E-state index contributed by atoms with van der Waals surface area (Å²) < 4.78 is 0. The van der Waals surface area contributed by atoms with Crippen molar-refractivity contribution >= 4 is 16.8 Å². The smallest absolute Gasteiger partial charge is 0.266 e. The number of hydrogen-bond acceptors (Lipinski definition) is 3. The summed E-state index contributed by atoms with van der Waals surface area (Å²) in [6.07, 6.45) is 0. The Morgan fingerprint density at radius 2 is 1.68 bits per heavy atom. The molecule has 110 valence electrons. The molecule has 1 heterocycles. The van der Waals surface area contributed by atoms with E-state index >= 15 is 0 Å². The van der Waals surface area contributed by atoms with Crippen molar-refractivity contribution in [2.75, 3.05) is 14.1 Å². The number of fused-ring (bicyclic) bond motifs is 1. The average Bonchev–Trinajstić information content (AvgIpc) is 2.54. The van der Waals surface area contributed by atoms with E-state index in [-0.39, 0.29) is 5.91 Å². The van der Waals surface area contributed by atoms with Gasteiger partial charge in [0.1, 0.15) is 0 Å². The number of amides is 1. The third-order valence-corrected chi connectivity index (χ3v) is 3.36. The zero-order chi connectivity index (χ0) is 15.5. The molecule has 4 nitrogen and oxygen atoms in total. The number of para-hydroxylation sites is 1. The number of hydrazine groups is 1. The Bertz CT molecular complexity index is 813. The molecule has 22 heavy (non-hydrogen) atoms. The average molecular weight is 291 g/mol. The van der Waals surface area contributed by atoms with Crippen LogP contribution in [0.25, 0.3) is 22.2 Å². The van der Waals surface area contributed by atoms with Crippen LogP contribution in [0.3, 0.4) is 0 Å². The topological polar surface area (TPSA) is 45.2 Å². The number of benzene rings is 2. The van der Waals surface area contributed by atoms with E-state index in [2.05, 4.69) is 10.4 Å². The van der Waals surface area contributed by atoms with Crippen molar-refractivity contribution in [3.05, 3.63) is 66.2 Å². The fourth-order valence-corrected chi connectivity index (χ4v) is 2.38. The number of nitrogens with zero attached hydrogens (tertiary/aromatic N) is 2. The molecule has 0 saturated heterocycles. The maximum absolute atomic E-state index is 12.5. The molecule has 0 spiro atoms. The molecule has 4 heteroatoms. The highest BCUT2D eigenvalue weighted by Crippen LogP contribution is 2.24. The van der Waals surface area contributed by atoms with Gasteiger partial charge in [-0.05, 0) is 12.1 Å². The molecule has 0 radical (unpaired) electrons. The molecule has 0 unspecified atom stereocenters. The van der Waals surface area contributed by atoms with Crippen LogP contribution in [0, 0.1) is 0 Å². The Kier molecular flexibility index (Phi) is 3.85. The van der Waals surface area contributed by atoms with Crippen molar-refractivity contribution in [1.29, 1.82) is 0 Å². The van der Waals surface area contributed by atoms with E-state index in [0.29, 0.717) is 5.56 Å². The maximum Gasteiger partial charge on any atom is 0.266 e. The first kappa shape index (κ1) is 14.2. The van der Waals surface area contributed by atoms with E-state index in [4.69, 9.17) is 0 Å². The van der Waals surface area contributed by atoms with Gasteiger partial charge in [-0.15, -0.1) is 0 Å². The predicted molar refractivity (Wildman–Crippen MR) is 88.3 cm³/mol. The lowest BCUT2D eigenvalue weighted by molar-refractivity contribution is 0.0858. The van der Waals surface area contributed by atoms with Crippen molar-refractivity contribution in [2.45, 2.75) is 0 Å². The summed E-state index contributed by atoms with van der Waals surface area (Å²) in [5, 5.41) is 2.49. The van der Waals surface area contributed by atoms with Gasteiger partial charge in [-0.1, -0.05) is 48.5 Å². The molecule has 0 atom stereocenters. The van der Waals surface area contributed by atoms with E-state index in [0.717, 1.165) is 22.2 Å². The standard InChI is InChI=1S/C18H17N3O/c1-21(2)20-18(22)15-12-17(13-8-4-3-5-9-13)19-16-11-7-6-10-14(15)16/h3-12H,1-2H3,(H,20,22). The van der Waals surface area contributed by atoms with Crippen LogP contribution in [-0.4, -0.2) is 30.0 Å². The Balaban J connectivity index is 2.19. The van der Waals surface area contributed by atoms with Gasteiger partial charge in [-0.25, -0.2) is 9.99 Å². The van der Waals surface area contributed by atoms with Gasteiger partial charge in [-0.3, -0.25) is 10.2 Å². The largest absolute Gasteiger partial charge is 0.285 e. The van der Waals surface area contributed by atoms with Crippen molar-refractivity contribution in [3.63, 3.8) is 0 Å². The normalized spacial score (nSPS) is 10.9. The molecule has 1 N–H and O–H groups in total. The number of carbonyl (C=O) groups is 1. The second-order valence-corrected chi connectivity index (χ2v) is 5.27. The van der Waals surface area contributed by atoms with Gasteiger partial charge in [0.05, 0.1) is 16.8 Å². The van der Waals surface area contributed by atoms with E-state index in [1.165, 1.54) is 0 Å². The molecular formula is C18H17N3O. The van der Waals surface area contributed by atoms with Crippen LogP contribution in [0.5, 0.6) is 0 Å². The van der Waals surface area contributed by atoms with Gasteiger partial charge in [0.2, 0.25) is 0 Å². The first-order chi connectivity index (χ1) is 10.6. The van der Waals surface area contributed by atoms with Gasteiger partial charge in [0.25, 0.3) is 5.91 Å². The minimum Gasteiger partial charge on any atom is -0.285 e. The molecule has 2 aromatic carbocycles. The lowest BCUT2D eigenvalue weighted by atomic mass is 10.0. The van der Waals surface area contributed by atoms with Gasteiger partial charge < -0.3 is 0 Å². The monoisotopic (exact) mass is 291 g/mol. The fourth-order valence-electron chi connectivity index (χ4n) is 2.38. The zero-order valence-corrected chi connectivity index (χ0v) is 12.6. The molecule has 1 amide bonds. The number of carbonyl (C=O) groups excluding carboxylic acids is 1. The molecular weight excluding hydrogens is 274 g/mol. The van der Waals surface area contributed by atoms with Gasteiger partial charge in [0.15, 0.2) is 0 Å². The molecule has 0 fully saturated rings. The van der Waals surface area contributed by atoms with Crippen molar-refractivity contribution in [2.24, 2.45) is 0 Å². The molecule has 0 aliphatic heterocycles. The predicted octanol–water partition coefficient (Wildman–Crippen LogP) is 3.11. The number of rotatable bonds is 3. The van der Waals surface area contributed by atoms with Crippen molar-refractivity contribution in [3.8, 4) is 11.3 Å². The van der Waals surface area contributed by atoms with Crippen molar-refractivity contribution in [1.82, 2.24) is 15.4 Å². The first-order valence-corrected chi connectivity index (χ1v) is 7.08. The summed E-state index contributed by atoms with van der Waals surface area (Å²) in [5.74, 6) is -0.138. The Labute approximate surface area is 129 Å². The second-order valence-electron chi connectivity index (χ2n) is 5.27. The van der Waals surface area contributed by atoms with Crippen LogP contribution in [0.2, 0.25) is 0 Å². The summed E-state index contributed by atoms with van der Waals surface area (Å²) in [7, 11) is 3.58. The third kappa shape index (κ3) is 2.82. The van der Waals surface area contributed by atoms with Gasteiger partial charge in [0, 0.05) is 25.0 Å². The van der Waals surface area contributed by atoms with E-state index < -0.39 is 0 Å². The van der Waals surface area contributed by atoms with Crippen molar-refractivity contribution < 1.29 is 4.79 Å².